The molecule has 0 aliphatic carbocycles. The van der Waals surface area contributed by atoms with Crippen molar-refractivity contribution in [2.45, 2.75) is 12.2 Å². The van der Waals surface area contributed by atoms with E-state index in [0.29, 0.717) is 0 Å². The molecule has 0 radical (unpaired) electrons. The zero-order chi connectivity index (χ0) is 9.84. The zero-order valence-electron chi connectivity index (χ0n) is 6.83. The van der Waals surface area contributed by atoms with Crippen LogP contribution >= 0.6 is 0 Å². The van der Waals surface area contributed by atoms with Gasteiger partial charge in [0, 0.05) is 11.8 Å². The van der Waals surface area contributed by atoms with Crippen LogP contribution in [-0.4, -0.2) is 38.1 Å². The van der Waals surface area contributed by atoms with Crippen molar-refractivity contribution in [1.29, 1.82) is 0 Å². The van der Waals surface area contributed by atoms with Crippen molar-refractivity contribution < 1.29 is 20.4 Å². The van der Waals surface area contributed by atoms with Crippen LogP contribution in [0.5, 0.6) is 5.75 Å². The van der Waals surface area contributed by atoms with E-state index in [1.165, 1.54) is 18.5 Å². The molecule has 0 aliphatic heterocycles. The molecule has 0 saturated heterocycles. The molecule has 13 heavy (non-hydrogen) atoms. The number of aliphatic hydroxyl groups excluding tert-OH is 3. The van der Waals surface area contributed by atoms with Gasteiger partial charge < -0.3 is 20.4 Å². The standard InChI is InChI=1S/C8H11NO4/c10-4-7(12)8(13)5-1-6(11)3-9-2-5/h1-3,7-8,10-13H,4H2. The fourth-order valence-electron chi connectivity index (χ4n) is 0.929. The molecule has 1 rings (SSSR count). The topological polar surface area (TPSA) is 93.8 Å². The average molecular weight is 185 g/mol. The fraction of sp³-hybridized carbons (Fsp3) is 0.375. The molecule has 5 nitrogen and oxygen atoms in total. The summed E-state index contributed by atoms with van der Waals surface area (Å²) in [5.74, 6) is -0.0957. The first-order valence-electron chi connectivity index (χ1n) is 3.76. The van der Waals surface area contributed by atoms with Crippen molar-refractivity contribution in [1.82, 2.24) is 4.98 Å². The summed E-state index contributed by atoms with van der Waals surface area (Å²) in [5, 5.41) is 36.0. The van der Waals surface area contributed by atoms with Gasteiger partial charge in [-0.3, -0.25) is 4.98 Å². The summed E-state index contributed by atoms with van der Waals surface area (Å²) in [6.07, 6.45) is 0.0263. The third-order valence-corrected chi connectivity index (χ3v) is 1.64. The van der Waals surface area contributed by atoms with Crippen LogP contribution in [0.2, 0.25) is 0 Å². The molecule has 1 aromatic heterocycles. The lowest BCUT2D eigenvalue weighted by molar-refractivity contribution is -0.0154. The Morgan fingerprint density at radius 3 is 2.54 bits per heavy atom. The second-order valence-electron chi connectivity index (χ2n) is 2.67. The van der Waals surface area contributed by atoms with Gasteiger partial charge in [-0.1, -0.05) is 0 Å². The maximum absolute atomic E-state index is 9.35. The first kappa shape index (κ1) is 9.91. The number of aromatic nitrogens is 1. The molecule has 1 heterocycles. The van der Waals surface area contributed by atoms with E-state index in [2.05, 4.69) is 4.98 Å². The lowest BCUT2D eigenvalue weighted by Crippen LogP contribution is -2.22. The quantitative estimate of drug-likeness (QED) is 0.493. The van der Waals surface area contributed by atoms with Gasteiger partial charge in [-0.2, -0.15) is 0 Å². The van der Waals surface area contributed by atoms with E-state index in [1.54, 1.807) is 0 Å². The van der Waals surface area contributed by atoms with E-state index in [0.717, 1.165) is 0 Å². The number of nitrogens with zero attached hydrogens (tertiary/aromatic N) is 1. The van der Waals surface area contributed by atoms with E-state index < -0.39 is 18.8 Å². The number of hydrogen-bond acceptors (Lipinski definition) is 5. The van der Waals surface area contributed by atoms with Gasteiger partial charge in [-0.05, 0) is 6.07 Å². The van der Waals surface area contributed by atoms with Crippen LogP contribution in [0.1, 0.15) is 11.7 Å². The predicted octanol–water partition coefficient (Wildman–Crippen LogP) is -0.826. The minimum Gasteiger partial charge on any atom is -0.506 e. The molecule has 2 atom stereocenters. The number of aliphatic hydroxyl groups is 3. The van der Waals surface area contributed by atoms with Crippen LogP contribution in [0.25, 0.3) is 0 Å². The molecule has 0 aromatic carbocycles. The molecule has 2 unspecified atom stereocenters. The van der Waals surface area contributed by atoms with Crippen LogP contribution in [0.4, 0.5) is 0 Å². The molecule has 0 amide bonds. The lowest BCUT2D eigenvalue weighted by atomic mass is 10.1. The van der Waals surface area contributed by atoms with Crippen molar-refractivity contribution in [2.75, 3.05) is 6.61 Å². The summed E-state index contributed by atoms with van der Waals surface area (Å²) in [4.78, 5) is 3.62. The van der Waals surface area contributed by atoms with Crippen LogP contribution in [0.3, 0.4) is 0 Å². The number of rotatable bonds is 3. The highest BCUT2D eigenvalue weighted by molar-refractivity contribution is 5.24. The SMILES string of the molecule is OCC(O)C(O)c1cncc(O)c1. The van der Waals surface area contributed by atoms with E-state index in [4.69, 9.17) is 15.3 Å². The second kappa shape index (κ2) is 4.18. The molecular weight excluding hydrogens is 174 g/mol. The Bertz CT molecular complexity index is 279. The maximum Gasteiger partial charge on any atom is 0.134 e. The Balaban J connectivity index is 2.82. The summed E-state index contributed by atoms with van der Waals surface area (Å²) >= 11 is 0. The van der Waals surface area contributed by atoms with Crippen molar-refractivity contribution in [2.24, 2.45) is 0 Å². The van der Waals surface area contributed by atoms with Gasteiger partial charge in [-0.15, -0.1) is 0 Å². The van der Waals surface area contributed by atoms with E-state index in [-0.39, 0.29) is 11.3 Å². The Labute approximate surface area is 74.9 Å². The smallest absolute Gasteiger partial charge is 0.134 e. The molecule has 1 aromatic rings. The molecular formula is C8H11NO4. The average Bonchev–Trinajstić information content (AvgIpc) is 2.15. The Morgan fingerprint density at radius 1 is 1.31 bits per heavy atom. The zero-order valence-corrected chi connectivity index (χ0v) is 6.83. The molecule has 5 heteroatoms. The van der Waals surface area contributed by atoms with Gasteiger partial charge in [0.1, 0.15) is 18.0 Å². The summed E-state index contributed by atoms with van der Waals surface area (Å²) in [6.45, 7) is -0.545. The van der Waals surface area contributed by atoms with E-state index in [9.17, 15) is 5.11 Å². The predicted molar refractivity (Wildman–Crippen MR) is 44.0 cm³/mol. The first-order valence-corrected chi connectivity index (χ1v) is 3.76. The summed E-state index contributed by atoms with van der Waals surface area (Å²) in [5.41, 5.74) is 0.265. The monoisotopic (exact) mass is 185 g/mol. The van der Waals surface area contributed by atoms with Crippen molar-refractivity contribution >= 4 is 0 Å². The van der Waals surface area contributed by atoms with Crippen molar-refractivity contribution in [3.63, 3.8) is 0 Å². The Morgan fingerprint density at radius 2 is 2.00 bits per heavy atom. The minimum absolute atomic E-state index is 0.0957. The highest BCUT2D eigenvalue weighted by atomic mass is 16.4. The third-order valence-electron chi connectivity index (χ3n) is 1.64. The number of aromatic hydroxyl groups is 1. The Hall–Kier alpha value is -1.17. The highest BCUT2D eigenvalue weighted by Gasteiger charge is 2.17. The van der Waals surface area contributed by atoms with Gasteiger partial charge in [0.25, 0.3) is 0 Å². The normalized spacial score (nSPS) is 15.3. The molecule has 0 saturated carbocycles. The third kappa shape index (κ3) is 2.38. The first-order chi connectivity index (χ1) is 6.15. The molecule has 0 bridgehead atoms. The van der Waals surface area contributed by atoms with E-state index >= 15 is 0 Å². The molecule has 72 valence electrons. The van der Waals surface area contributed by atoms with Gasteiger partial charge >= 0.3 is 0 Å². The molecule has 0 spiro atoms. The van der Waals surface area contributed by atoms with Gasteiger partial charge in [-0.25, -0.2) is 0 Å². The highest BCUT2D eigenvalue weighted by Crippen LogP contribution is 2.19. The summed E-state index contributed by atoms with van der Waals surface area (Å²) in [6, 6.07) is 1.27. The van der Waals surface area contributed by atoms with Crippen LogP contribution in [-0.2, 0) is 0 Å². The maximum atomic E-state index is 9.35. The van der Waals surface area contributed by atoms with Crippen molar-refractivity contribution in [3.05, 3.63) is 24.0 Å². The summed E-state index contributed by atoms with van der Waals surface area (Å²) in [7, 11) is 0. The van der Waals surface area contributed by atoms with Gasteiger partial charge in [0.2, 0.25) is 0 Å². The lowest BCUT2D eigenvalue weighted by Gasteiger charge is -2.15. The van der Waals surface area contributed by atoms with Crippen LogP contribution in [0, 0.1) is 0 Å². The number of hydrogen-bond donors (Lipinski definition) is 4. The van der Waals surface area contributed by atoms with Gasteiger partial charge in [0.05, 0.1) is 12.8 Å². The van der Waals surface area contributed by atoms with Crippen LogP contribution < -0.4 is 0 Å². The largest absolute Gasteiger partial charge is 0.506 e. The van der Waals surface area contributed by atoms with E-state index in [1.807, 2.05) is 0 Å². The minimum atomic E-state index is -1.26. The van der Waals surface area contributed by atoms with Gasteiger partial charge in [0.15, 0.2) is 0 Å². The van der Waals surface area contributed by atoms with Crippen LogP contribution in [0.15, 0.2) is 18.5 Å². The number of pyridine rings is 1. The molecule has 4 N–H and O–H groups in total. The molecule has 0 aliphatic rings. The summed E-state index contributed by atoms with van der Waals surface area (Å²) < 4.78 is 0. The second-order valence-corrected chi connectivity index (χ2v) is 2.67. The fourth-order valence-corrected chi connectivity index (χ4v) is 0.929. The Kier molecular flexibility index (Phi) is 3.18. The van der Waals surface area contributed by atoms with Crippen molar-refractivity contribution in [3.8, 4) is 5.75 Å². The molecule has 0 fully saturated rings.